The summed E-state index contributed by atoms with van der Waals surface area (Å²) in [6, 6.07) is 7.56. The molecule has 6 heteroatoms. The Balaban J connectivity index is 1.57. The third-order valence-electron chi connectivity index (χ3n) is 5.64. The van der Waals surface area contributed by atoms with E-state index in [1.165, 1.54) is 44.1 Å². The van der Waals surface area contributed by atoms with E-state index in [2.05, 4.69) is 28.8 Å². The molecule has 2 fully saturated rings. The molecule has 0 radical (unpaired) electrons. The number of aromatic nitrogens is 2. The fraction of sp³-hybridized carbons (Fsp3) is 0.619. The fourth-order valence-electron chi connectivity index (χ4n) is 4.04. The lowest BCUT2D eigenvalue weighted by atomic mass is 10.1. The minimum Gasteiger partial charge on any atom is -0.380 e. The summed E-state index contributed by atoms with van der Waals surface area (Å²) in [5.41, 5.74) is 2.30. The zero-order valence-electron chi connectivity index (χ0n) is 16.2. The Hall–Kier alpha value is -1.37. The Bertz CT molecular complexity index is 755. The van der Waals surface area contributed by atoms with Crippen LogP contribution in [0.4, 0.5) is 5.82 Å². The number of nitrogens with zero attached hydrogens (tertiary/aromatic N) is 2. The van der Waals surface area contributed by atoms with E-state index in [-0.39, 0.29) is 0 Å². The number of ether oxygens (including phenoxy) is 1. The van der Waals surface area contributed by atoms with Gasteiger partial charge in [0.1, 0.15) is 5.82 Å². The van der Waals surface area contributed by atoms with Crippen molar-refractivity contribution in [3.05, 3.63) is 23.8 Å². The average molecular weight is 387 g/mol. The highest BCUT2D eigenvalue weighted by Crippen LogP contribution is 2.28. The van der Waals surface area contributed by atoms with Crippen molar-refractivity contribution in [2.24, 2.45) is 0 Å². The van der Waals surface area contributed by atoms with Crippen molar-refractivity contribution >= 4 is 28.5 Å². The smallest absolute Gasteiger partial charge is 0.189 e. The van der Waals surface area contributed by atoms with Gasteiger partial charge in [-0.2, -0.15) is 0 Å². The molecule has 0 bridgehead atoms. The summed E-state index contributed by atoms with van der Waals surface area (Å²) in [5.74, 6) is 1.00. The van der Waals surface area contributed by atoms with Crippen LogP contribution in [0.2, 0.25) is 0 Å². The number of fused-ring (bicyclic) bond motifs is 1. The van der Waals surface area contributed by atoms with Crippen LogP contribution in [-0.2, 0) is 11.3 Å². The van der Waals surface area contributed by atoms with Gasteiger partial charge < -0.3 is 15.4 Å². The van der Waals surface area contributed by atoms with Gasteiger partial charge in [0.25, 0.3) is 0 Å². The molecule has 0 amide bonds. The minimum absolute atomic E-state index is 0.472. The number of hydrogen-bond acceptors (Lipinski definition) is 6. The van der Waals surface area contributed by atoms with Gasteiger partial charge in [0.05, 0.1) is 12.1 Å². The Morgan fingerprint density at radius 2 is 1.93 bits per heavy atom. The average Bonchev–Trinajstić information content (AvgIpc) is 3.09. The van der Waals surface area contributed by atoms with Gasteiger partial charge in [0.2, 0.25) is 0 Å². The molecule has 1 aromatic heterocycles. The number of rotatable bonds is 6. The molecule has 5 nitrogen and oxygen atoms in total. The Morgan fingerprint density at radius 1 is 1.07 bits per heavy atom. The van der Waals surface area contributed by atoms with E-state index < -0.39 is 0 Å². The van der Waals surface area contributed by atoms with E-state index in [9.17, 15) is 0 Å². The van der Waals surface area contributed by atoms with Crippen molar-refractivity contribution in [3.63, 3.8) is 0 Å². The molecule has 1 aliphatic heterocycles. The van der Waals surface area contributed by atoms with E-state index in [0.29, 0.717) is 12.1 Å². The van der Waals surface area contributed by atoms with Crippen molar-refractivity contribution in [3.8, 4) is 0 Å². The second-order valence-corrected chi connectivity index (χ2v) is 8.46. The van der Waals surface area contributed by atoms with Crippen LogP contribution in [-0.4, -0.2) is 41.5 Å². The van der Waals surface area contributed by atoms with Crippen LogP contribution in [0.3, 0.4) is 0 Å². The lowest BCUT2D eigenvalue weighted by molar-refractivity contribution is 0.190. The van der Waals surface area contributed by atoms with Crippen LogP contribution in [0.5, 0.6) is 0 Å². The Kier molecular flexibility index (Phi) is 6.47. The normalized spacial score (nSPS) is 21.4. The number of benzene rings is 1. The largest absolute Gasteiger partial charge is 0.380 e. The fourth-order valence-corrected chi connectivity index (χ4v) is 4.41. The van der Waals surface area contributed by atoms with Crippen LogP contribution in [0.25, 0.3) is 10.9 Å². The zero-order valence-corrected chi connectivity index (χ0v) is 17.0. The molecule has 4 rings (SSSR count). The van der Waals surface area contributed by atoms with Crippen molar-refractivity contribution in [1.29, 1.82) is 0 Å². The summed E-state index contributed by atoms with van der Waals surface area (Å²) < 4.78 is 5.46. The van der Waals surface area contributed by atoms with Gasteiger partial charge in [-0.05, 0) is 43.2 Å². The third kappa shape index (κ3) is 4.92. The quantitative estimate of drug-likeness (QED) is 0.437. The number of thioether (sulfide) groups is 1. The number of nitrogens with one attached hydrogen (secondary N) is 2. The van der Waals surface area contributed by atoms with Crippen molar-refractivity contribution in [2.75, 3.05) is 24.8 Å². The summed E-state index contributed by atoms with van der Waals surface area (Å²) in [4.78, 5) is 9.54. The second-order valence-electron chi connectivity index (χ2n) is 7.68. The highest BCUT2D eigenvalue weighted by molar-refractivity contribution is 7.98. The van der Waals surface area contributed by atoms with E-state index in [1.807, 2.05) is 6.26 Å². The summed E-state index contributed by atoms with van der Waals surface area (Å²) in [6.45, 7) is 2.55. The van der Waals surface area contributed by atoms with Crippen LogP contribution in [0.15, 0.2) is 23.4 Å². The first-order valence-electron chi connectivity index (χ1n) is 10.2. The van der Waals surface area contributed by atoms with Crippen LogP contribution >= 0.6 is 11.8 Å². The number of anilines is 1. The molecule has 1 saturated carbocycles. The summed E-state index contributed by atoms with van der Waals surface area (Å²) in [7, 11) is 0. The molecule has 2 heterocycles. The first-order valence-corrected chi connectivity index (χ1v) is 11.5. The molecular formula is C21H30N4OS. The molecule has 2 aromatic rings. The minimum atomic E-state index is 0.472. The monoisotopic (exact) mass is 386 g/mol. The molecule has 0 spiro atoms. The molecule has 0 unspecified atom stereocenters. The maximum Gasteiger partial charge on any atom is 0.189 e. The summed E-state index contributed by atoms with van der Waals surface area (Å²) in [5, 5.41) is 9.34. The van der Waals surface area contributed by atoms with Crippen LogP contribution in [0.1, 0.15) is 50.5 Å². The second kappa shape index (κ2) is 9.22. The van der Waals surface area contributed by atoms with Crippen molar-refractivity contribution in [1.82, 2.24) is 15.3 Å². The molecule has 27 heavy (non-hydrogen) atoms. The molecule has 1 aromatic carbocycles. The van der Waals surface area contributed by atoms with Crippen molar-refractivity contribution < 1.29 is 4.74 Å². The predicted molar refractivity (Wildman–Crippen MR) is 112 cm³/mol. The Morgan fingerprint density at radius 3 is 2.67 bits per heavy atom. The van der Waals surface area contributed by atoms with Crippen molar-refractivity contribution in [2.45, 2.75) is 68.7 Å². The third-order valence-corrected chi connectivity index (χ3v) is 6.19. The molecular weight excluding hydrogens is 356 g/mol. The van der Waals surface area contributed by atoms with Crippen LogP contribution < -0.4 is 10.6 Å². The van der Waals surface area contributed by atoms with E-state index in [1.54, 1.807) is 11.8 Å². The van der Waals surface area contributed by atoms with Gasteiger partial charge in [-0.3, -0.25) is 0 Å². The van der Waals surface area contributed by atoms with E-state index >= 15 is 0 Å². The standard InChI is InChI=1S/C21H30N4OS/c1-27-21-24-19-9-8-15(13-22-17-10-11-26-14-17)12-18(19)20(25-21)23-16-6-4-2-3-5-7-16/h8-9,12,16-17,22H,2-7,10-11,13-14H2,1H3,(H,23,24,25)/t17-/m0/s1. The molecule has 2 aliphatic rings. The van der Waals surface area contributed by atoms with Gasteiger partial charge in [-0.25, -0.2) is 9.97 Å². The summed E-state index contributed by atoms with van der Waals surface area (Å²) in [6.07, 6.45) is 11.0. The first kappa shape index (κ1) is 19.0. The maximum atomic E-state index is 5.46. The lowest BCUT2D eigenvalue weighted by Gasteiger charge is -2.19. The SMILES string of the molecule is CSc1nc(NC2CCCCCC2)c2cc(CN[C@H]3CCOC3)ccc2n1. The highest BCUT2D eigenvalue weighted by Gasteiger charge is 2.17. The topological polar surface area (TPSA) is 59.1 Å². The number of hydrogen-bond donors (Lipinski definition) is 2. The predicted octanol–water partition coefficient (Wildman–Crippen LogP) is 4.36. The van der Waals surface area contributed by atoms with Gasteiger partial charge in [-0.15, -0.1) is 0 Å². The lowest BCUT2D eigenvalue weighted by Crippen LogP contribution is -2.28. The molecule has 2 N–H and O–H groups in total. The van der Waals surface area contributed by atoms with Gasteiger partial charge in [-0.1, -0.05) is 43.5 Å². The molecule has 1 aliphatic carbocycles. The first-order chi connectivity index (χ1) is 13.3. The van der Waals surface area contributed by atoms with Gasteiger partial charge >= 0.3 is 0 Å². The Labute approximate surface area is 166 Å². The van der Waals surface area contributed by atoms with Gasteiger partial charge in [0, 0.05) is 30.6 Å². The zero-order chi connectivity index (χ0) is 18.5. The molecule has 146 valence electrons. The van der Waals surface area contributed by atoms with Crippen LogP contribution in [0, 0.1) is 0 Å². The maximum absolute atomic E-state index is 5.46. The van der Waals surface area contributed by atoms with E-state index in [0.717, 1.165) is 48.1 Å². The molecule has 1 saturated heterocycles. The summed E-state index contributed by atoms with van der Waals surface area (Å²) >= 11 is 1.61. The highest BCUT2D eigenvalue weighted by atomic mass is 32.2. The van der Waals surface area contributed by atoms with E-state index in [4.69, 9.17) is 14.7 Å². The van der Waals surface area contributed by atoms with Gasteiger partial charge in [0.15, 0.2) is 5.16 Å². The molecule has 1 atom stereocenters.